The highest BCUT2D eigenvalue weighted by atomic mass is 19.3. The Kier molecular flexibility index (Phi) is 3.54. The van der Waals surface area contributed by atoms with Gasteiger partial charge in [0.05, 0.1) is 19.8 Å². The molecule has 6 heteroatoms. The molecular formula is C9H9F2NO3. The van der Waals surface area contributed by atoms with E-state index in [2.05, 4.69) is 4.98 Å². The summed E-state index contributed by atoms with van der Waals surface area (Å²) < 4.78 is 34.3. The van der Waals surface area contributed by atoms with Crippen LogP contribution in [0.1, 0.15) is 22.5 Å². The Morgan fingerprint density at radius 1 is 1.40 bits per heavy atom. The molecule has 0 aliphatic heterocycles. The molecule has 1 aromatic heterocycles. The van der Waals surface area contributed by atoms with Gasteiger partial charge >= 0.3 is 0 Å². The lowest BCUT2D eigenvalue weighted by Crippen LogP contribution is -2.02. The first-order valence-electron chi connectivity index (χ1n) is 4.00. The third kappa shape index (κ3) is 2.20. The van der Waals surface area contributed by atoms with Gasteiger partial charge in [-0.1, -0.05) is 0 Å². The average molecular weight is 217 g/mol. The fourth-order valence-electron chi connectivity index (χ4n) is 1.07. The predicted molar refractivity (Wildman–Crippen MR) is 47.7 cm³/mol. The van der Waals surface area contributed by atoms with Gasteiger partial charge < -0.3 is 9.47 Å². The number of ether oxygens (including phenoxy) is 2. The molecule has 1 aromatic rings. The van der Waals surface area contributed by atoms with Crippen LogP contribution in [0.2, 0.25) is 0 Å². The summed E-state index contributed by atoms with van der Waals surface area (Å²) in [5.41, 5.74) is -0.473. The van der Waals surface area contributed by atoms with Crippen LogP contribution in [0, 0.1) is 0 Å². The number of alkyl halides is 2. The number of hydrogen-bond donors (Lipinski definition) is 0. The zero-order valence-corrected chi connectivity index (χ0v) is 8.16. The van der Waals surface area contributed by atoms with Gasteiger partial charge in [-0.3, -0.25) is 4.79 Å². The third-order valence-corrected chi connectivity index (χ3v) is 1.75. The molecule has 0 N–H and O–H groups in total. The van der Waals surface area contributed by atoms with Gasteiger partial charge in [-0.25, -0.2) is 13.8 Å². The lowest BCUT2D eigenvalue weighted by molar-refractivity contribution is 0.111. The minimum absolute atomic E-state index is 0.0683. The second kappa shape index (κ2) is 4.68. The van der Waals surface area contributed by atoms with E-state index in [1.807, 2.05) is 0 Å². The predicted octanol–water partition coefficient (Wildman–Crippen LogP) is 1.85. The van der Waals surface area contributed by atoms with Gasteiger partial charge in [0.25, 0.3) is 6.43 Å². The molecule has 1 rings (SSSR count). The van der Waals surface area contributed by atoms with Gasteiger partial charge in [0.2, 0.25) is 5.88 Å². The van der Waals surface area contributed by atoms with Crippen molar-refractivity contribution in [3.05, 3.63) is 17.3 Å². The number of aldehydes is 1. The molecule has 0 aliphatic rings. The number of carbonyl (C=O) groups excluding carboxylic acids is 1. The van der Waals surface area contributed by atoms with Crippen molar-refractivity contribution >= 4 is 6.29 Å². The molecular weight excluding hydrogens is 208 g/mol. The van der Waals surface area contributed by atoms with Crippen molar-refractivity contribution in [3.63, 3.8) is 0 Å². The van der Waals surface area contributed by atoms with Crippen LogP contribution in [0.15, 0.2) is 6.07 Å². The Morgan fingerprint density at radius 2 is 2.07 bits per heavy atom. The van der Waals surface area contributed by atoms with Crippen LogP contribution >= 0.6 is 0 Å². The zero-order valence-electron chi connectivity index (χ0n) is 8.16. The molecule has 4 nitrogen and oxygen atoms in total. The lowest BCUT2D eigenvalue weighted by atomic mass is 10.2. The third-order valence-electron chi connectivity index (χ3n) is 1.75. The Balaban J connectivity index is 3.33. The molecule has 0 aromatic carbocycles. The van der Waals surface area contributed by atoms with E-state index in [-0.39, 0.29) is 17.2 Å². The van der Waals surface area contributed by atoms with Crippen molar-refractivity contribution in [1.29, 1.82) is 0 Å². The molecule has 82 valence electrons. The van der Waals surface area contributed by atoms with Crippen molar-refractivity contribution in [3.8, 4) is 11.6 Å². The van der Waals surface area contributed by atoms with Gasteiger partial charge in [-0.15, -0.1) is 0 Å². The van der Waals surface area contributed by atoms with E-state index in [4.69, 9.17) is 9.47 Å². The Bertz CT molecular complexity index is 369. The Labute approximate surface area is 84.8 Å². The quantitative estimate of drug-likeness (QED) is 0.722. The fraction of sp³-hybridized carbons (Fsp3) is 0.333. The number of carbonyl (C=O) groups is 1. The Morgan fingerprint density at radius 3 is 2.47 bits per heavy atom. The smallest absolute Gasteiger partial charge is 0.284 e. The summed E-state index contributed by atoms with van der Waals surface area (Å²) in [6, 6.07) is 1.17. The zero-order chi connectivity index (χ0) is 11.4. The number of aromatic nitrogens is 1. The van der Waals surface area contributed by atoms with E-state index in [9.17, 15) is 13.6 Å². The molecule has 1 heterocycles. The summed E-state index contributed by atoms with van der Waals surface area (Å²) in [5, 5.41) is 0. The highest BCUT2D eigenvalue weighted by Gasteiger charge is 2.19. The van der Waals surface area contributed by atoms with E-state index in [0.717, 1.165) is 0 Å². The summed E-state index contributed by atoms with van der Waals surface area (Å²) in [4.78, 5) is 14.1. The molecule has 0 atom stereocenters. The summed E-state index contributed by atoms with van der Waals surface area (Å²) in [6.07, 6.45) is -2.32. The molecule has 0 radical (unpaired) electrons. The minimum Gasteiger partial charge on any atom is -0.495 e. The number of nitrogens with zero attached hydrogens (tertiary/aromatic N) is 1. The summed E-state index contributed by atoms with van der Waals surface area (Å²) in [5.74, 6) is -0.269. The number of halogens is 2. The second-order valence-electron chi connectivity index (χ2n) is 2.59. The van der Waals surface area contributed by atoms with Gasteiger partial charge in [0, 0.05) is 0 Å². The molecule has 0 amide bonds. The first-order chi connectivity index (χ1) is 7.13. The topological polar surface area (TPSA) is 48.4 Å². The lowest BCUT2D eigenvalue weighted by Gasteiger charge is -2.10. The maximum atomic E-state index is 12.5. The van der Waals surface area contributed by atoms with Gasteiger partial charge in [0.15, 0.2) is 12.0 Å². The molecule has 0 saturated carbocycles. The van der Waals surface area contributed by atoms with Gasteiger partial charge in [-0.2, -0.15) is 0 Å². The summed E-state index contributed by atoms with van der Waals surface area (Å²) >= 11 is 0. The standard InChI is InChI=1S/C9H9F2NO3/c1-14-6-3-5(4-13)9(15-2)12-7(6)8(10)11/h3-4,8H,1-2H3. The maximum absolute atomic E-state index is 12.5. The first kappa shape index (κ1) is 11.4. The number of pyridine rings is 1. The summed E-state index contributed by atoms with van der Waals surface area (Å²) in [7, 11) is 2.47. The molecule has 0 fully saturated rings. The first-order valence-corrected chi connectivity index (χ1v) is 4.00. The molecule has 0 spiro atoms. The molecule has 0 bridgehead atoms. The van der Waals surface area contributed by atoms with Crippen molar-refractivity contribution in [2.24, 2.45) is 0 Å². The van der Waals surface area contributed by atoms with Crippen molar-refractivity contribution in [1.82, 2.24) is 4.98 Å². The van der Waals surface area contributed by atoms with E-state index < -0.39 is 12.1 Å². The maximum Gasteiger partial charge on any atom is 0.284 e. The Hall–Kier alpha value is -1.72. The minimum atomic E-state index is -2.78. The molecule has 0 saturated heterocycles. The van der Waals surface area contributed by atoms with Crippen molar-refractivity contribution in [2.45, 2.75) is 6.43 Å². The van der Waals surface area contributed by atoms with E-state index >= 15 is 0 Å². The summed E-state index contributed by atoms with van der Waals surface area (Å²) in [6.45, 7) is 0. The van der Waals surface area contributed by atoms with Crippen LogP contribution < -0.4 is 9.47 Å². The van der Waals surface area contributed by atoms with Crippen LogP contribution in [0.25, 0.3) is 0 Å². The number of hydrogen-bond acceptors (Lipinski definition) is 4. The molecule has 15 heavy (non-hydrogen) atoms. The molecule has 0 aliphatic carbocycles. The van der Waals surface area contributed by atoms with Crippen LogP contribution in [0.4, 0.5) is 8.78 Å². The van der Waals surface area contributed by atoms with E-state index in [1.165, 1.54) is 20.3 Å². The van der Waals surface area contributed by atoms with Gasteiger partial charge in [0.1, 0.15) is 5.75 Å². The fourth-order valence-corrected chi connectivity index (χ4v) is 1.07. The van der Waals surface area contributed by atoms with Crippen LogP contribution in [0.3, 0.4) is 0 Å². The number of rotatable bonds is 4. The second-order valence-corrected chi connectivity index (χ2v) is 2.59. The molecule has 0 unspecified atom stereocenters. The average Bonchev–Trinajstić information content (AvgIpc) is 2.26. The highest BCUT2D eigenvalue weighted by molar-refractivity contribution is 5.79. The van der Waals surface area contributed by atoms with E-state index in [1.54, 1.807) is 0 Å². The normalized spacial score (nSPS) is 10.2. The largest absolute Gasteiger partial charge is 0.495 e. The van der Waals surface area contributed by atoms with Crippen LogP contribution in [-0.4, -0.2) is 25.5 Å². The van der Waals surface area contributed by atoms with Crippen molar-refractivity contribution in [2.75, 3.05) is 14.2 Å². The highest BCUT2D eigenvalue weighted by Crippen LogP contribution is 2.30. The van der Waals surface area contributed by atoms with Crippen molar-refractivity contribution < 1.29 is 23.0 Å². The monoisotopic (exact) mass is 217 g/mol. The number of methoxy groups -OCH3 is 2. The van der Waals surface area contributed by atoms with E-state index in [0.29, 0.717) is 6.29 Å². The van der Waals surface area contributed by atoms with Gasteiger partial charge in [-0.05, 0) is 6.07 Å². The van der Waals surface area contributed by atoms with Crippen LogP contribution in [-0.2, 0) is 0 Å². The SMILES string of the molecule is COc1cc(C=O)c(OC)nc1C(F)F. The van der Waals surface area contributed by atoms with Crippen LogP contribution in [0.5, 0.6) is 11.6 Å².